The number of hydrogen-bond donors (Lipinski definition) is 0. The SMILES string of the molecule is C/C=C\OCC(COc1ccc(Cl)cc1)OP(=O)(OC(CO/C=C/C)COc1ccc(Cl)cc1)c1ccccc1. The van der Waals surface area contributed by atoms with Crippen LogP contribution in [-0.4, -0.2) is 38.6 Å². The first-order valence-electron chi connectivity index (χ1n) is 12.7. The number of ether oxygens (including phenoxy) is 4. The van der Waals surface area contributed by atoms with E-state index in [9.17, 15) is 4.57 Å². The molecule has 214 valence electrons. The molecule has 7 nitrogen and oxygen atoms in total. The van der Waals surface area contributed by atoms with E-state index in [2.05, 4.69) is 0 Å². The van der Waals surface area contributed by atoms with E-state index in [1.54, 1.807) is 84.9 Å². The van der Waals surface area contributed by atoms with Crippen LogP contribution in [0.1, 0.15) is 13.8 Å². The lowest BCUT2D eigenvalue weighted by atomic mass is 10.3. The number of halogens is 2. The van der Waals surface area contributed by atoms with Crippen molar-refractivity contribution in [3.8, 4) is 11.5 Å². The molecule has 0 aliphatic carbocycles. The molecule has 0 aliphatic rings. The first-order valence-corrected chi connectivity index (χ1v) is 15.0. The Morgan fingerprint density at radius 2 is 1.07 bits per heavy atom. The van der Waals surface area contributed by atoms with Crippen molar-refractivity contribution in [1.82, 2.24) is 0 Å². The van der Waals surface area contributed by atoms with Crippen molar-refractivity contribution in [3.05, 3.63) is 114 Å². The minimum absolute atomic E-state index is 0.0420. The molecule has 0 aliphatic heterocycles. The summed E-state index contributed by atoms with van der Waals surface area (Å²) in [5.41, 5.74) is 0. The summed E-state index contributed by atoms with van der Waals surface area (Å²) in [5, 5.41) is 1.55. The monoisotopic (exact) mass is 606 g/mol. The van der Waals surface area contributed by atoms with Crippen molar-refractivity contribution in [2.75, 3.05) is 26.4 Å². The molecule has 0 bridgehead atoms. The molecule has 0 aromatic heterocycles. The van der Waals surface area contributed by atoms with Crippen molar-refractivity contribution in [2.24, 2.45) is 0 Å². The molecule has 3 aromatic rings. The molecule has 0 fully saturated rings. The topological polar surface area (TPSA) is 72.5 Å². The van der Waals surface area contributed by atoms with Crippen LogP contribution in [0.15, 0.2) is 104 Å². The molecule has 40 heavy (non-hydrogen) atoms. The van der Waals surface area contributed by atoms with Crippen molar-refractivity contribution in [1.29, 1.82) is 0 Å². The van der Waals surface area contributed by atoms with Gasteiger partial charge < -0.3 is 18.9 Å². The minimum atomic E-state index is -3.95. The van der Waals surface area contributed by atoms with E-state index in [1.165, 1.54) is 12.5 Å². The third kappa shape index (κ3) is 10.9. The highest BCUT2D eigenvalue weighted by atomic mass is 35.5. The van der Waals surface area contributed by atoms with Gasteiger partial charge in [0.1, 0.15) is 50.1 Å². The van der Waals surface area contributed by atoms with Crippen LogP contribution in [0.5, 0.6) is 11.5 Å². The second kappa shape index (κ2) is 17.0. The van der Waals surface area contributed by atoms with Gasteiger partial charge in [0.15, 0.2) is 0 Å². The van der Waals surface area contributed by atoms with Gasteiger partial charge in [-0.05, 0) is 74.5 Å². The lowest BCUT2D eigenvalue weighted by Gasteiger charge is -2.28. The van der Waals surface area contributed by atoms with Crippen LogP contribution in [0.2, 0.25) is 10.0 Å². The largest absolute Gasteiger partial charge is 0.499 e. The molecule has 0 radical (unpaired) electrons. The molecule has 0 saturated heterocycles. The zero-order chi connectivity index (χ0) is 28.6. The van der Waals surface area contributed by atoms with Crippen LogP contribution in [0.25, 0.3) is 0 Å². The average Bonchev–Trinajstić information content (AvgIpc) is 2.97. The smallest absolute Gasteiger partial charge is 0.362 e. The lowest BCUT2D eigenvalue weighted by Crippen LogP contribution is -2.32. The maximum Gasteiger partial charge on any atom is 0.362 e. The van der Waals surface area contributed by atoms with Crippen LogP contribution >= 0.6 is 30.8 Å². The van der Waals surface area contributed by atoms with E-state index >= 15 is 0 Å². The average molecular weight is 607 g/mol. The Labute approximate surface area is 245 Å². The van der Waals surface area contributed by atoms with E-state index in [4.69, 9.17) is 51.2 Å². The van der Waals surface area contributed by atoms with Crippen molar-refractivity contribution in [2.45, 2.75) is 26.1 Å². The summed E-state index contributed by atoms with van der Waals surface area (Å²) >= 11 is 12.0. The number of rotatable bonds is 17. The maximum atomic E-state index is 14.5. The summed E-state index contributed by atoms with van der Waals surface area (Å²) < 4.78 is 49.8. The van der Waals surface area contributed by atoms with E-state index in [1.807, 2.05) is 19.9 Å². The van der Waals surface area contributed by atoms with Gasteiger partial charge in [-0.3, -0.25) is 13.6 Å². The fourth-order valence-corrected chi connectivity index (χ4v) is 5.44. The Kier molecular flexibility index (Phi) is 13.4. The predicted octanol–water partition coefficient (Wildman–Crippen LogP) is 7.84. The summed E-state index contributed by atoms with van der Waals surface area (Å²) in [6.07, 6.45) is 5.03. The fourth-order valence-electron chi connectivity index (χ4n) is 3.33. The zero-order valence-electron chi connectivity index (χ0n) is 22.4. The third-order valence-electron chi connectivity index (χ3n) is 5.18. The number of hydrogen-bond acceptors (Lipinski definition) is 7. The van der Waals surface area contributed by atoms with E-state index < -0.39 is 19.8 Å². The van der Waals surface area contributed by atoms with Crippen molar-refractivity contribution in [3.63, 3.8) is 0 Å². The first-order chi connectivity index (χ1) is 19.4. The summed E-state index contributed by atoms with van der Waals surface area (Å²) in [5.74, 6) is 1.15. The van der Waals surface area contributed by atoms with Gasteiger partial charge in [0, 0.05) is 10.0 Å². The molecule has 0 heterocycles. The maximum absolute atomic E-state index is 14.5. The zero-order valence-corrected chi connectivity index (χ0v) is 24.8. The van der Waals surface area contributed by atoms with Gasteiger partial charge in [-0.2, -0.15) is 0 Å². The van der Waals surface area contributed by atoms with Gasteiger partial charge in [-0.1, -0.05) is 53.6 Å². The Morgan fingerprint density at radius 3 is 1.48 bits per heavy atom. The third-order valence-corrected chi connectivity index (χ3v) is 7.76. The molecule has 0 spiro atoms. The van der Waals surface area contributed by atoms with Gasteiger partial charge >= 0.3 is 7.60 Å². The molecule has 0 amide bonds. The second-order valence-electron chi connectivity index (χ2n) is 8.42. The molecule has 3 aromatic carbocycles. The molecule has 3 rings (SSSR count). The summed E-state index contributed by atoms with van der Waals surface area (Å²) in [6, 6.07) is 22.6. The van der Waals surface area contributed by atoms with Crippen LogP contribution in [-0.2, 0) is 23.1 Å². The normalized spacial score (nSPS) is 14.5. The van der Waals surface area contributed by atoms with Crippen molar-refractivity contribution >= 4 is 36.1 Å². The highest BCUT2D eigenvalue weighted by molar-refractivity contribution is 7.62. The molecular weight excluding hydrogens is 574 g/mol. The Bertz CT molecular complexity index is 1160. The van der Waals surface area contributed by atoms with Crippen LogP contribution in [0.3, 0.4) is 0 Å². The quantitative estimate of drug-likeness (QED) is 0.114. The highest BCUT2D eigenvalue weighted by Crippen LogP contribution is 2.49. The van der Waals surface area contributed by atoms with Crippen molar-refractivity contribution < 1.29 is 32.6 Å². The molecule has 3 unspecified atom stereocenters. The summed E-state index contributed by atoms with van der Waals surface area (Å²) in [7, 11) is -3.95. The van der Waals surface area contributed by atoms with Gasteiger partial charge in [-0.25, -0.2) is 0 Å². The van der Waals surface area contributed by atoms with Gasteiger partial charge in [-0.15, -0.1) is 0 Å². The Hall–Kier alpha value is -2.93. The van der Waals surface area contributed by atoms with E-state index in [0.29, 0.717) is 26.8 Å². The molecule has 3 atom stereocenters. The molecule has 10 heteroatoms. The Morgan fingerprint density at radius 1 is 0.650 bits per heavy atom. The number of allylic oxidation sites excluding steroid dienone is 2. The van der Waals surface area contributed by atoms with Gasteiger partial charge in [0.2, 0.25) is 0 Å². The van der Waals surface area contributed by atoms with E-state index in [0.717, 1.165) is 0 Å². The van der Waals surface area contributed by atoms with Gasteiger partial charge in [0.05, 0.1) is 17.8 Å². The standard InChI is InChI=1S/C30H33Cl2O7P/c1-3-18-34-20-28(22-36-26-14-10-24(31)11-15-26)38-40(33,30-8-6-5-7-9-30)39-29(21-35-19-4-2)23-37-27-16-12-25(32)13-17-27/h3-19,28-29H,20-23H2,1-2H3/b18-3-,19-4+. The van der Waals surface area contributed by atoms with Crippen LogP contribution in [0.4, 0.5) is 0 Å². The van der Waals surface area contributed by atoms with E-state index in [-0.39, 0.29) is 26.4 Å². The molecular formula is C30H33Cl2O7P. The predicted molar refractivity (Wildman–Crippen MR) is 159 cm³/mol. The summed E-state index contributed by atoms with van der Waals surface area (Å²) in [4.78, 5) is 0. The first kappa shape index (κ1) is 31.6. The van der Waals surface area contributed by atoms with Crippen LogP contribution < -0.4 is 14.8 Å². The Balaban J connectivity index is 1.83. The van der Waals surface area contributed by atoms with Gasteiger partial charge in [0.25, 0.3) is 0 Å². The fraction of sp³-hybridized carbons (Fsp3) is 0.267. The highest BCUT2D eigenvalue weighted by Gasteiger charge is 2.35. The number of benzene rings is 3. The molecule has 0 N–H and O–H groups in total. The van der Waals surface area contributed by atoms with Crippen LogP contribution in [0, 0.1) is 0 Å². The lowest BCUT2D eigenvalue weighted by molar-refractivity contribution is 0.0203. The second-order valence-corrected chi connectivity index (χ2v) is 11.2. The summed E-state index contributed by atoms with van der Waals surface area (Å²) in [6.45, 7) is 3.88. The molecule has 0 saturated carbocycles. The minimum Gasteiger partial charge on any atom is -0.499 e.